The van der Waals surface area contributed by atoms with Gasteiger partial charge in [0.1, 0.15) is 5.75 Å². The Morgan fingerprint density at radius 3 is 2.93 bits per heavy atom. The Labute approximate surface area is 97.4 Å². The van der Waals surface area contributed by atoms with Gasteiger partial charge in [-0.25, -0.2) is 0 Å². The minimum absolute atomic E-state index is 0.125. The molecule has 0 spiro atoms. The minimum atomic E-state index is -0.802. The Morgan fingerprint density at radius 1 is 1.60 bits per heavy atom. The summed E-state index contributed by atoms with van der Waals surface area (Å²) in [6, 6.07) is 5.28. The fraction of sp³-hybridized carbons (Fsp3) is 0.300. The van der Waals surface area contributed by atoms with Gasteiger partial charge in [-0.2, -0.15) is 0 Å². The summed E-state index contributed by atoms with van der Waals surface area (Å²) in [6.45, 7) is 0. The third kappa shape index (κ3) is 4.01. The molecule has 0 aliphatic rings. The lowest BCUT2D eigenvalue weighted by molar-refractivity contribution is -0.136. The van der Waals surface area contributed by atoms with Gasteiger partial charge in [0, 0.05) is 10.8 Å². The average molecular weight is 247 g/mol. The summed E-state index contributed by atoms with van der Waals surface area (Å²) < 4.78 is 5.13. The van der Waals surface area contributed by atoms with Crippen molar-refractivity contribution in [1.29, 1.82) is 0 Å². The van der Waals surface area contributed by atoms with Crippen molar-refractivity contribution in [3.8, 4) is 5.75 Å². The summed E-state index contributed by atoms with van der Waals surface area (Å²) in [5.74, 6) is 0.421. The van der Waals surface area contributed by atoms with Gasteiger partial charge in [0.05, 0.1) is 18.4 Å². The zero-order chi connectivity index (χ0) is 11.3. The van der Waals surface area contributed by atoms with Gasteiger partial charge in [0.25, 0.3) is 0 Å². The van der Waals surface area contributed by atoms with Crippen LogP contribution in [0.2, 0.25) is 5.02 Å². The van der Waals surface area contributed by atoms with Gasteiger partial charge in [0.2, 0.25) is 0 Å². The van der Waals surface area contributed by atoms with Crippen molar-refractivity contribution in [2.75, 3.05) is 12.9 Å². The van der Waals surface area contributed by atoms with E-state index in [1.807, 2.05) is 0 Å². The van der Waals surface area contributed by atoms with E-state index in [0.29, 0.717) is 10.8 Å². The fourth-order valence-corrected chi connectivity index (χ4v) is 2.25. The van der Waals surface area contributed by atoms with Crippen LogP contribution in [0.15, 0.2) is 23.1 Å². The highest BCUT2D eigenvalue weighted by atomic mass is 35.5. The summed E-state index contributed by atoms with van der Waals surface area (Å²) in [7, 11) is 1.57. The summed E-state index contributed by atoms with van der Waals surface area (Å²) in [5, 5.41) is 9.12. The van der Waals surface area contributed by atoms with Crippen LogP contribution in [-0.4, -0.2) is 23.9 Å². The van der Waals surface area contributed by atoms with Crippen molar-refractivity contribution in [1.82, 2.24) is 0 Å². The molecule has 0 saturated carbocycles. The molecule has 1 rings (SSSR count). The number of methoxy groups -OCH3 is 1. The van der Waals surface area contributed by atoms with Crippen molar-refractivity contribution in [2.24, 2.45) is 0 Å². The molecule has 0 atom stereocenters. The molecule has 0 bridgehead atoms. The highest BCUT2D eigenvalue weighted by molar-refractivity contribution is 7.99. The van der Waals surface area contributed by atoms with Crippen molar-refractivity contribution in [3.63, 3.8) is 0 Å². The molecule has 0 radical (unpaired) electrons. The molecule has 0 aliphatic carbocycles. The van der Waals surface area contributed by atoms with Crippen molar-refractivity contribution in [3.05, 3.63) is 23.2 Å². The Morgan fingerprint density at radius 2 is 2.33 bits per heavy atom. The van der Waals surface area contributed by atoms with Crippen molar-refractivity contribution in [2.45, 2.75) is 11.3 Å². The van der Waals surface area contributed by atoms with Gasteiger partial charge >= 0.3 is 5.97 Å². The second-order valence-corrected chi connectivity index (χ2v) is 4.36. The van der Waals surface area contributed by atoms with E-state index in [4.69, 9.17) is 21.4 Å². The number of halogens is 1. The van der Waals surface area contributed by atoms with Gasteiger partial charge in [-0.05, 0) is 18.2 Å². The molecule has 0 heterocycles. The Hall–Kier alpha value is -0.870. The lowest BCUT2D eigenvalue weighted by atomic mass is 10.3. The van der Waals surface area contributed by atoms with Crippen LogP contribution in [0.25, 0.3) is 0 Å². The Kier molecular flexibility index (Phi) is 4.78. The van der Waals surface area contributed by atoms with Crippen LogP contribution < -0.4 is 4.74 Å². The van der Waals surface area contributed by atoms with E-state index in [1.165, 1.54) is 11.8 Å². The Balaban J connectivity index is 2.65. The van der Waals surface area contributed by atoms with E-state index >= 15 is 0 Å². The normalized spacial score (nSPS) is 10.0. The first kappa shape index (κ1) is 12.2. The van der Waals surface area contributed by atoms with Gasteiger partial charge in [-0.1, -0.05) is 11.6 Å². The number of carboxylic acids is 1. The zero-order valence-corrected chi connectivity index (χ0v) is 9.77. The molecule has 0 amide bonds. The number of aliphatic carboxylic acids is 1. The molecule has 0 saturated heterocycles. The monoisotopic (exact) mass is 246 g/mol. The van der Waals surface area contributed by atoms with Gasteiger partial charge in [-0.15, -0.1) is 11.8 Å². The number of hydrogen-bond acceptors (Lipinski definition) is 3. The van der Waals surface area contributed by atoms with Crippen LogP contribution in [0, 0.1) is 0 Å². The fourth-order valence-electron chi connectivity index (χ4n) is 1.01. The first-order valence-electron chi connectivity index (χ1n) is 4.31. The second kappa shape index (κ2) is 5.88. The number of ether oxygens (including phenoxy) is 1. The number of hydrogen-bond donors (Lipinski definition) is 1. The van der Waals surface area contributed by atoms with E-state index in [-0.39, 0.29) is 6.42 Å². The van der Waals surface area contributed by atoms with Crippen molar-refractivity contribution < 1.29 is 14.6 Å². The highest BCUT2D eigenvalue weighted by Crippen LogP contribution is 2.31. The quantitative estimate of drug-likeness (QED) is 0.812. The van der Waals surface area contributed by atoms with E-state index < -0.39 is 5.97 Å². The predicted molar refractivity (Wildman–Crippen MR) is 61.0 cm³/mol. The Bertz CT molecular complexity index is 355. The predicted octanol–water partition coefficient (Wildman–Crippen LogP) is 2.92. The third-order valence-electron chi connectivity index (χ3n) is 1.70. The molecule has 0 unspecified atom stereocenters. The molecule has 82 valence electrons. The van der Waals surface area contributed by atoms with Gasteiger partial charge in [-0.3, -0.25) is 4.79 Å². The second-order valence-electron chi connectivity index (χ2n) is 2.79. The van der Waals surface area contributed by atoms with Gasteiger partial charge < -0.3 is 9.84 Å². The van der Waals surface area contributed by atoms with E-state index in [1.54, 1.807) is 25.3 Å². The van der Waals surface area contributed by atoms with Gasteiger partial charge in [0.15, 0.2) is 0 Å². The SMILES string of the molecule is COc1ccc(Cl)cc1SCCC(=O)O. The largest absolute Gasteiger partial charge is 0.496 e. The third-order valence-corrected chi connectivity index (χ3v) is 2.97. The average Bonchev–Trinajstić information content (AvgIpc) is 2.17. The van der Waals surface area contributed by atoms with E-state index in [0.717, 1.165) is 10.6 Å². The number of benzene rings is 1. The summed E-state index contributed by atoms with van der Waals surface area (Å²) in [6.07, 6.45) is 0.125. The van der Waals surface area contributed by atoms with Crippen LogP contribution in [0.3, 0.4) is 0 Å². The smallest absolute Gasteiger partial charge is 0.304 e. The summed E-state index contributed by atoms with van der Waals surface area (Å²) in [4.78, 5) is 11.2. The first-order valence-corrected chi connectivity index (χ1v) is 5.68. The molecule has 0 aromatic heterocycles. The first-order chi connectivity index (χ1) is 7.13. The number of rotatable bonds is 5. The molecule has 0 fully saturated rings. The van der Waals surface area contributed by atoms with E-state index in [2.05, 4.69) is 0 Å². The maximum Gasteiger partial charge on any atom is 0.304 e. The minimum Gasteiger partial charge on any atom is -0.496 e. The molecule has 15 heavy (non-hydrogen) atoms. The lowest BCUT2D eigenvalue weighted by Gasteiger charge is -2.07. The van der Waals surface area contributed by atoms with Crippen LogP contribution in [0.4, 0.5) is 0 Å². The maximum absolute atomic E-state index is 10.3. The molecule has 3 nitrogen and oxygen atoms in total. The maximum atomic E-state index is 10.3. The molecule has 1 aromatic rings. The standard InChI is InChI=1S/C10H11ClO3S/c1-14-8-3-2-7(11)6-9(8)15-5-4-10(12)13/h2-3,6H,4-5H2,1H3,(H,12,13). The summed E-state index contributed by atoms with van der Waals surface area (Å²) in [5.41, 5.74) is 0. The highest BCUT2D eigenvalue weighted by Gasteiger charge is 2.05. The summed E-state index contributed by atoms with van der Waals surface area (Å²) >= 11 is 7.25. The molecular weight excluding hydrogens is 236 g/mol. The van der Waals surface area contributed by atoms with Crippen LogP contribution >= 0.6 is 23.4 Å². The number of thioether (sulfide) groups is 1. The zero-order valence-electron chi connectivity index (χ0n) is 8.20. The molecular formula is C10H11ClO3S. The van der Waals surface area contributed by atoms with E-state index in [9.17, 15) is 4.79 Å². The van der Waals surface area contributed by atoms with Crippen molar-refractivity contribution >= 4 is 29.3 Å². The molecule has 5 heteroatoms. The van der Waals surface area contributed by atoms with Crippen LogP contribution in [-0.2, 0) is 4.79 Å². The number of carbonyl (C=O) groups is 1. The van der Waals surface area contributed by atoms with Crippen LogP contribution in [0.1, 0.15) is 6.42 Å². The topological polar surface area (TPSA) is 46.5 Å². The molecule has 1 N–H and O–H groups in total. The van der Waals surface area contributed by atoms with Crippen LogP contribution in [0.5, 0.6) is 5.75 Å². The molecule has 0 aliphatic heterocycles. The molecule has 1 aromatic carbocycles. The number of carboxylic acid groups (broad SMARTS) is 1. The lowest BCUT2D eigenvalue weighted by Crippen LogP contribution is -1.96.